The molecule has 21 heavy (non-hydrogen) atoms. The standard InChI is InChI=1S/C14H30O6S/c1-3-4-5-6-7-8-9-10-11-14(2)18-12-13-19-20-21(15,16)17/h14H,3-13H2,1-2H3,(H,15,16,17). The average molecular weight is 326 g/mol. The Balaban J connectivity index is 3.25. The maximum atomic E-state index is 10.2. The van der Waals surface area contributed by atoms with Crippen LogP contribution in [0.2, 0.25) is 0 Å². The van der Waals surface area contributed by atoms with E-state index in [1.54, 1.807) is 0 Å². The van der Waals surface area contributed by atoms with E-state index in [2.05, 4.69) is 16.1 Å². The van der Waals surface area contributed by atoms with Gasteiger partial charge < -0.3 is 4.74 Å². The minimum atomic E-state index is -4.53. The highest BCUT2D eigenvalue weighted by Crippen LogP contribution is 2.11. The molecule has 0 aliphatic carbocycles. The molecule has 0 aromatic carbocycles. The summed E-state index contributed by atoms with van der Waals surface area (Å²) in [5, 5.41) is 0. The number of unbranched alkanes of at least 4 members (excludes halogenated alkanes) is 7. The first-order valence-corrected chi connectivity index (χ1v) is 9.22. The quantitative estimate of drug-likeness (QED) is 0.214. The monoisotopic (exact) mass is 326 g/mol. The first-order valence-electron chi connectivity index (χ1n) is 7.85. The fourth-order valence-electron chi connectivity index (χ4n) is 2.03. The maximum absolute atomic E-state index is 10.2. The van der Waals surface area contributed by atoms with Gasteiger partial charge in [0.05, 0.1) is 12.7 Å². The van der Waals surface area contributed by atoms with Gasteiger partial charge in [0, 0.05) is 0 Å². The Morgan fingerprint density at radius 1 is 0.952 bits per heavy atom. The maximum Gasteiger partial charge on any atom is 0.424 e. The molecular weight excluding hydrogens is 296 g/mol. The Kier molecular flexibility index (Phi) is 13.3. The van der Waals surface area contributed by atoms with Crippen LogP contribution in [0.1, 0.15) is 71.6 Å². The largest absolute Gasteiger partial charge is 0.424 e. The second-order valence-corrected chi connectivity index (χ2v) is 6.25. The Morgan fingerprint density at radius 3 is 2.10 bits per heavy atom. The van der Waals surface area contributed by atoms with Crippen molar-refractivity contribution in [3.63, 3.8) is 0 Å². The molecule has 1 atom stereocenters. The molecule has 0 fully saturated rings. The van der Waals surface area contributed by atoms with Crippen LogP contribution < -0.4 is 0 Å². The molecule has 0 bridgehead atoms. The summed E-state index contributed by atoms with van der Waals surface area (Å²) in [5.41, 5.74) is 0. The van der Waals surface area contributed by atoms with Crippen LogP contribution in [-0.4, -0.2) is 32.3 Å². The molecule has 0 aromatic heterocycles. The lowest BCUT2D eigenvalue weighted by molar-refractivity contribution is -0.218. The summed E-state index contributed by atoms with van der Waals surface area (Å²) >= 11 is 0. The van der Waals surface area contributed by atoms with Gasteiger partial charge in [-0.3, -0.25) is 4.55 Å². The second kappa shape index (κ2) is 13.5. The highest BCUT2D eigenvalue weighted by Gasteiger charge is 2.06. The Bertz CT molecular complexity index is 317. The fourth-order valence-corrected chi connectivity index (χ4v) is 2.22. The summed E-state index contributed by atoms with van der Waals surface area (Å²) < 4.78 is 37.8. The molecule has 6 nitrogen and oxygen atoms in total. The lowest BCUT2D eigenvalue weighted by Crippen LogP contribution is -2.14. The summed E-state index contributed by atoms with van der Waals surface area (Å²) in [4.78, 5) is 4.28. The third-order valence-corrected chi connectivity index (χ3v) is 3.44. The summed E-state index contributed by atoms with van der Waals surface area (Å²) in [6, 6.07) is 0. The van der Waals surface area contributed by atoms with Gasteiger partial charge in [-0.1, -0.05) is 62.6 Å². The van der Waals surface area contributed by atoms with E-state index in [-0.39, 0.29) is 19.3 Å². The van der Waals surface area contributed by atoms with Gasteiger partial charge >= 0.3 is 10.4 Å². The van der Waals surface area contributed by atoms with Gasteiger partial charge in [-0.15, -0.1) is 0 Å². The SMILES string of the molecule is CCCCCCCCCCC(C)OCCOOS(=O)(=O)O. The van der Waals surface area contributed by atoms with Crippen molar-refractivity contribution in [3.05, 3.63) is 0 Å². The molecule has 0 saturated carbocycles. The third kappa shape index (κ3) is 17.7. The normalized spacial score (nSPS) is 13.5. The van der Waals surface area contributed by atoms with Gasteiger partial charge in [0.25, 0.3) is 0 Å². The van der Waals surface area contributed by atoms with Crippen molar-refractivity contribution in [2.45, 2.75) is 77.7 Å². The second-order valence-electron chi connectivity index (χ2n) is 5.26. The summed E-state index contributed by atoms with van der Waals surface area (Å²) in [6.45, 7) is 4.39. The van der Waals surface area contributed by atoms with E-state index in [4.69, 9.17) is 9.29 Å². The molecule has 0 spiro atoms. The zero-order valence-corrected chi connectivity index (χ0v) is 14.1. The number of hydrogen-bond acceptors (Lipinski definition) is 5. The number of ether oxygens (including phenoxy) is 1. The molecule has 1 N–H and O–H groups in total. The van der Waals surface area contributed by atoms with Crippen molar-refractivity contribution in [1.29, 1.82) is 0 Å². The Morgan fingerprint density at radius 2 is 1.52 bits per heavy atom. The molecule has 0 heterocycles. The zero-order valence-electron chi connectivity index (χ0n) is 13.3. The van der Waals surface area contributed by atoms with E-state index >= 15 is 0 Å². The van der Waals surface area contributed by atoms with Gasteiger partial charge in [0.1, 0.15) is 6.61 Å². The van der Waals surface area contributed by atoms with Crippen LogP contribution in [0.3, 0.4) is 0 Å². The molecule has 0 saturated heterocycles. The van der Waals surface area contributed by atoms with Crippen molar-refractivity contribution >= 4 is 10.4 Å². The molecule has 0 radical (unpaired) electrons. The zero-order chi connectivity index (χ0) is 16.0. The molecule has 0 amide bonds. The topological polar surface area (TPSA) is 82.1 Å². The predicted molar refractivity (Wildman–Crippen MR) is 81.2 cm³/mol. The molecule has 7 heteroatoms. The van der Waals surface area contributed by atoms with Gasteiger partial charge in [-0.25, -0.2) is 4.89 Å². The molecule has 128 valence electrons. The van der Waals surface area contributed by atoms with Gasteiger partial charge in [0.15, 0.2) is 0 Å². The summed E-state index contributed by atoms with van der Waals surface area (Å²) in [7, 11) is -4.53. The fraction of sp³-hybridized carbons (Fsp3) is 1.00. The summed E-state index contributed by atoms with van der Waals surface area (Å²) in [6.07, 6.45) is 11.4. The first-order chi connectivity index (χ1) is 9.95. The minimum absolute atomic E-state index is 0.0401. The van der Waals surface area contributed by atoms with E-state index in [9.17, 15) is 8.42 Å². The molecule has 0 aliphatic heterocycles. The highest BCUT2D eigenvalue weighted by atomic mass is 32.3. The van der Waals surface area contributed by atoms with Crippen molar-refractivity contribution in [1.82, 2.24) is 0 Å². The van der Waals surface area contributed by atoms with E-state index in [1.807, 2.05) is 6.92 Å². The van der Waals surface area contributed by atoms with Crippen LogP contribution in [0, 0.1) is 0 Å². The van der Waals surface area contributed by atoms with Gasteiger partial charge in [0.2, 0.25) is 0 Å². The minimum Gasteiger partial charge on any atom is -0.376 e. The highest BCUT2D eigenvalue weighted by molar-refractivity contribution is 7.80. The Labute approximate surface area is 129 Å². The molecule has 1 unspecified atom stereocenters. The third-order valence-electron chi connectivity index (χ3n) is 3.17. The van der Waals surface area contributed by atoms with Crippen molar-refractivity contribution < 1.29 is 26.9 Å². The van der Waals surface area contributed by atoms with E-state index in [0.717, 1.165) is 12.8 Å². The first kappa shape index (κ1) is 20.8. The van der Waals surface area contributed by atoms with Crippen LogP contribution >= 0.6 is 0 Å². The van der Waals surface area contributed by atoms with Gasteiger partial charge in [-0.05, 0) is 13.3 Å². The lowest BCUT2D eigenvalue weighted by atomic mass is 10.1. The predicted octanol–water partition coefficient (Wildman–Crippen LogP) is 3.67. The number of hydrogen-bond donors (Lipinski definition) is 1. The van der Waals surface area contributed by atoms with Gasteiger partial charge in [-0.2, -0.15) is 8.42 Å². The van der Waals surface area contributed by atoms with Crippen molar-refractivity contribution in [3.8, 4) is 0 Å². The van der Waals surface area contributed by atoms with Crippen LogP contribution in [0.25, 0.3) is 0 Å². The summed E-state index contributed by atoms with van der Waals surface area (Å²) in [5.74, 6) is 0. The Hall–Kier alpha value is -0.210. The molecule has 0 rings (SSSR count). The smallest absolute Gasteiger partial charge is 0.376 e. The van der Waals surface area contributed by atoms with E-state index in [0.29, 0.717) is 0 Å². The van der Waals surface area contributed by atoms with Crippen molar-refractivity contribution in [2.24, 2.45) is 0 Å². The van der Waals surface area contributed by atoms with Crippen molar-refractivity contribution in [2.75, 3.05) is 13.2 Å². The van der Waals surface area contributed by atoms with Crippen LogP contribution in [0.15, 0.2) is 0 Å². The lowest BCUT2D eigenvalue weighted by Gasteiger charge is -2.12. The molecule has 0 aromatic rings. The van der Waals surface area contributed by atoms with E-state index in [1.165, 1.54) is 44.9 Å². The van der Waals surface area contributed by atoms with E-state index < -0.39 is 10.4 Å². The average Bonchev–Trinajstić information content (AvgIpc) is 2.40. The molecular formula is C14H30O6S. The molecule has 0 aliphatic rings. The van der Waals surface area contributed by atoms with Crippen LogP contribution in [0.5, 0.6) is 0 Å². The van der Waals surface area contributed by atoms with Crippen LogP contribution in [0.4, 0.5) is 0 Å². The van der Waals surface area contributed by atoms with Crippen LogP contribution in [-0.2, 0) is 24.4 Å². The number of rotatable bonds is 15.